The largest absolute Gasteiger partial charge is 0.508 e. The molecule has 4 nitrogen and oxygen atoms in total. The molecule has 0 fully saturated rings. The third-order valence-electron chi connectivity index (χ3n) is 4.12. The van der Waals surface area contributed by atoms with Crippen LogP contribution in [0.1, 0.15) is 31.8 Å². The predicted octanol–water partition coefficient (Wildman–Crippen LogP) is 3.59. The van der Waals surface area contributed by atoms with E-state index in [1.807, 2.05) is 30.3 Å². The van der Waals surface area contributed by atoms with Gasteiger partial charge < -0.3 is 5.11 Å². The van der Waals surface area contributed by atoms with Gasteiger partial charge in [0, 0.05) is 11.1 Å². The van der Waals surface area contributed by atoms with Crippen molar-refractivity contribution in [3.05, 3.63) is 95.1 Å². The molecule has 0 bridgehead atoms. The van der Waals surface area contributed by atoms with Crippen LogP contribution in [0.5, 0.6) is 5.75 Å². The van der Waals surface area contributed by atoms with Crippen LogP contribution in [0.3, 0.4) is 0 Å². The number of benzene rings is 3. The van der Waals surface area contributed by atoms with Crippen LogP contribution in [0.2, 0.25) is 0 Å². The predicted molar refractivity (Wildman–Crippen MR) is 98.1 cm³/mol. The van der Waals surface area contributed by atoms with Crippen molar-refractivity contribution in [1.82, 2.24) is 0 Å². The first-order valence-corrected chi connectivity index (χ1v) is 8.02. The number of phenolic OH excluding ortho intramolecular Hbond substituents is 1. The number of rotatable bonds is 1. The number of carbonyl (C=O) groups is 2. The highest BCUT2D eigenvalue weighted by Crippen LogP contribution is 2.29. The molecule has 3 aromatic carbocycles. The number of imide groups is 1. The zero-order valence-corrected chi connectivity index (χ0v) is 13.6. The fourth-order valence-corrected chi connectivity index (χ4v) is 2.82. The van der Waals surface area contributed by atoms with Crippen LogP contribution in [-0.2, 0) is 0 Å². The quantitative estimate of drug-likeness (QED) is 0.544. The summed E-state index contributed by atoms with van der Waals surface area (Å²) in [6, 6.07) is 20.5. The first-order valence-electron chi connectivity index (χ1n) is 8.02. The minimum Gasteiger partial charge on any atom is -0.508 e. The lowest BCUT2D eigenvalue weighted by molar-refractivity contribution is 0.0926. The molecule has 3 aromatic rings. The molecule has 2 amide bonds. The minimum atomic E-state index is -0.390. The highest BCUT2D eigenvalue weighted by atomic mass is 16.3. The van der Waals surface area contributed by atoms with Gasteiger partial charge in [0.25, 0.3) is 11.8 Å². The topological polar surface area (TPSA) is 57.6 Å². The van der Waals surface area contributed by atoms with E-state index in [1.165, 1.54) is 24.3 Å². The molecule has 1 heterocycles. The molecule has 26 heavy (non-hydrogen) atoms. The Labute approximate surface area is 150 Å². The molecule has 124 valence electrons. The molecule has 4 rings (SSSR count). The summed E-state index contributed by atoms with van der Waals surface area (Å²) in [5, 5.41) is 9.39. The van der Waals surface area contributed by atoms with E-state index >= 15 is 0 Å². The number of anilines is 1. The molecule has 0 unspecified atom stereocenters. The van der Waals surface area contributed by atoms with Gasteiger partial charge in [0.1, 0.15) is 5.75 Å². The Morgan fingerprint density at radius 2 is 1.35 bits per heavy atom. The number of hydrogen-bond acceptors (Lipinski definition) is 3. The molecule has 0 saturated heterocycles. The van der Waals surface area contributed by atoms with Crippen LogP contribution in [-0.4, -0.2) is 16.9 Å². The molecule has 1 aliphatic heterocycles. The summed E-state index contributed by atoms with van der Waals surface area (Å²) in [6.07, 6.45) is 0. The lowest BCUT2D eigenvalue weighted by atomic mass is 10.1. The Hall–Kier alpha value is -3.84. The Morgan fingerprint density at radius 1 is 0.692 bits per heavy atom. The van der Waals surface area contributed by atoms with Crippen molar-refractivity contribution in [2.75, 3.05) is 4.90 Å². The van der Waals surface area contributed by atoms with E-state index in [0.717, 1.165) is 10.5 Å². The molecule has 0 aliphatic carbocycles. The number of aromatic hydroxyl groups is 1. The van der Waals surface area contributed by atoms with Gasteiger partial charge in [-0.15, -0.1) is 0 Å². The molecule has 0 radical (unpaired) electrons. The molecule has 0 atom stereocenters. The van der Waals surface area contributed by atoms with Crippen LogP contribution >= 0.6 is 0 Å². The average molecular weight is 339 g/mol. The number of amides is 2. The van der Waals surface area contributed by atoms with E-state index in [-0.39, 0.29) is 17.6 Å². The van der Waals surface area contributed by atoms with Crippen molar-refractivity contribution >= 4 is 17.5 Å². The molecule has 1 aliphatic rings. The first-order chi connectivity index (χ1) is 12.6. The molecule has 1 N–H and O–H groups in total. The van der Waals surface area contributed by atoms with Crippen molar-refractivity contribution < 1.29 is 14.7 Å². The smallest absolute Gasteiger partial charge is 0.266 e. The van der Waals surface area contributed by atoms with E-state index in [0.29, 0.717) is 22.4 Å². The maximum Gasteiger partial charge on any atom is 0.266 e. The summed E-state index contributed by atoms with van der Waals surface area (Å²) >= 11 is 0. The normalized spacial score (nSPS) is 12.5. The fraction of sp³-hybridized carbons (Fsp3) is 0. The standard InChI is InChI=1S/C22H13NO3/c24-18-11-9-17(10-12-18)23-21(25)19-13-8-16(14-20(19)22(23)26)7-6-15-4-2-1-3-5-15/h1-5,8-14,24H. The van der Waals surface area contributed by atoms with Gasteiger partial charge in [0.15, 0.2) is 0 Å². The average Bonchev–Trinajstić information content (AvgIpc) is 2.92. The van der Waals surface area contributed by atoms with Crippen molar-refractivity contribution in [3.63, 3.8) is 0 Å². The molecule has 4 heteroatoms. The third kappa shape index (κ3) is 2.72. The Kier molecular flexibility index (Phi) is 3.75. The summed E-state index contributed by atoms with van der Waals surface area (Å²) in [5.41, 5.74) is 2.66. The Balaban J connectivity index is 1.68. The highest BCUT2D eigenvalue weighted by Gasteiger charge is 2.36. The number of carbonyl (C=O) groups excluding carboxylic acids is 2. The molecular weight excluding hydrogens is 326 g/mol. The highest BCUT2D eigenvalue weighted by molar-refractivity contribution is 6.34. The lowest BCUT2D eigenvalue weighted by Crippen LogP contribution is -2.29. The fourth-order valence-electron chi connectivity index (χ4n) is 2.82. The van der Waals surface area contributed by atoms with Gasteiger partial charge in [-0.3, -0.25) is 9.59 Å². The molecule has 0 saturated carbocycles. The van der Waals surface area contributed by atoms with Crippen LogP contribution < -0.4 is 4.90 Å². The van der Waals surface area contributed by atoms with E-state index in [9.17, 15) is 14.7 Å². The summed E-state index contributed by atoms with van der Waals surface area (Å²) in [7, 11) is 0. The van der Waals surface area contributed by atoms with Crippen molar-refractivity contribution in [1.29, 1.82) is 0 Å². The van der Waals surface area contributed by atoms with E-state index < -0.39 is 0 Å². The zero-order valence-electron chi connectivity index (χ0n) is 13.6. The van der Waals surface area contributed by atoms with Crippen molar-refractivity contribution in [3.8, 4) is 17.6 Å². The van der Waals surface area contributed by atoms with Gasteiger partial charge in [-0.1, -0.05) is 30.0 Å². The van der Waals surface area contributed by atoms with Gasteiger partial charge in [-0.25, -0.2) is 4.90 Å². The molecule has 0 spiro atoms. The SMILES string of the molecule is O=C1c2ccc(C#Cc3ccccc3)cc2C(=O)N1c1ccc(O)cc1. The van der Waals surface area contributed by atoms with Gasteiger partial charge in [0.05, 0.1) is 16.8 Å². The summed E-state index contributed by atoms with van der Waals surface area (Å²) < 4.78 is 0. The van der Waals surface area contributed by atoms with Gasteiger partial charge >= 0.3 is 0 Å². The van der Waals surface area contributed by atoms with Crippen molar-refractivity contribution in [2.45, 2.75) is 0 Å². The van der Waals surface area contributed by atoms with Crippen molar-refractivity contribution in [2.24, 2.45) is 0 Å². The second-order valence-electron chi connectivity index (χ2n) is 5.84. The molecular formula is C22H13NO3. The maximum atomic E-state index is 12.7. The second kappa shape index (κ2) is 6.23. The summed E-state index contributed by atoms with van der Waals surface area (Å²) in [6.45, 7) is 0. The summed E-state index contributed by atoms with van der Waals surface area (Å²) in [5.74, 6) is 5.37. The van der Waals surface area contributed by atoms with E-state index in [1.54, 1.807) is 18.2 Å². The van der Waals surface area contributed by atoms with Crippen LogP contribution in [0.25, 0.3) is 0 Å². The minimum absolute atomic E-state index is 0.0730. The van der Waals surface area contributed by atoms with Crippen LogP contribution in [0, 0.1) is 11.8 Å². The third-order valence-corrected chi connectivity index (χ3v) is 4.12. The number of phenols is 1. The maximum absolute atomic E-state index is 12.7. The van der Waals surface area contributed by atoms with Gasteiger partial charge in [-0.2, -0.15) is 0 Å². The van der Waals surface area contributed by atoms with Gasteiger partial charge in [0.2, 0.25) is 0 Å². The molecule has 0 aromatic heterocycles. The number of nitrogens with zero attached hydrogens (tertiary/aromatic N) is 1. The van der Waals surface area contributed by atoms with E-state index in [2.05, 4.69) is 11.8 Å². The van der Waals surface area contributed by atoms with Crippen LogP contribution in [0.15, 0.2) is 72.8 Å². The lowest BCUT2D eigenvalue weighted by Gasteiger charge is -2.13. The monoisotopic (exact) mass is 339 g/mol. The Morgan fingerprint density at radius 3 is 2.08 bits per heavy atom. The van der Waals surface area contributed by atoms with E-state index in [4.69, 9.17) is 0 Å². The van der Waals surface area contributed by atoms with Crippen LogP contribution in [0.4, 0.5) is 5.69 Å². The summed E-state index contributed by atoms with van der Waals surface area (Å²) in [4.78, 5) is 26.4. The Bertz CT molecular complexity index is 1070. The number of fused-ring (bicyclic) bond motifs is 1. The zero-order chi connectivity index (χ0) is 18.1. The first kappa shape index (κ1) is 15.7. The number of hydrogen-bond donors (Lipinski definition) is 1. The second-order valence-corrected chi connectivity index (χ2v) is 5.84. The van der Waals surface area contributed by atoms with Gasteiger partial charge in [-0.05, 0) is 54.6 Å².